The number of hydrogen-bond donors (Lipinski definition) is 3. The first-order valence-electron chi connectivity index (χ1n) is 8.02. The largest absolute Gasteiger partial charge is 0.347 e. The summed E-state index contributed by atoms with van der Waals surface area (Å²) < 4.78 is 13.6. The standard InChI is InChI=1S/C19H17FN4O2/c20-15-9-5-4-8-14(15)11-22-19(26)17-16(23-12-24-17)18(25)21-10-13-6-2-1-3-7-13/h1-9,12H,10-11H2,(H,21,25)(H,22,26)(H,23,24). The molecule has 0 radical (unpaired) electrons. The van der Waals surface area contributed by atoms with E-state index < -0.39 is 17.6 Å². The molecule has 0 bridgehead atoms. The molecule has 26 heavy (non-hydrogen) atoms. The number of benzene rings is 2. The lowest BCUT2D eigenvalue weighted by Gasteiger charge is -2.07. The summed E-state index contributed by atoms with van der Waals surface area (Å²) in [4.78, 5) is 31.2. The van der Waals surface area contributed by atoms with Crippen LogP contribution < -0.4 is 10.6 Å². The van der Waals surface area contributed by atoms with Crippen molar-refractivity contribution in [1.29, 1.82) is 0 Å². The van der Waals surface area contributed by atoms with Gasteiger partial charge in [0.05, 0.1) is 6.33 Å². The van der Waals surface area contributed by atoms with Crippen molar-refractivity contribution in [3.8, 4) is 0 Å². The van der Waals surface area contributed by atoms with Gasteiger partial charge in [0.15, 0.2) is 5.69 Å². The van der Waals surface area contributed by atoms with Crippen LogP contribution in [-0.2, 0) is 13.1 Å². The highest BCUT2D eigenvalue weighted by Crippen LogP contribution is 2.08. The second-order valence-electron chi connectivity index (χ2n) is 5.57. The number of amides is 2. The molecule has 0 saturated heterocycles. The molecule has 6 nitrogen and oxygen atoms in total. The first-order chi connectivity index (χ1) is 12.6. The smallest absolute Gasteiger partial charge is 0.272 e. The lowest BCUT2D eigenvalue weighted by atomic mass is 10.2. The average Bonchev–Trinajstić information content (AvgIpc) is 3.16. The van der Waals surface area contributed by atoms with Gasteiger partial charge in [0.1, 0.15) is 11.5 Å². The predicted octanol–water partition coefficient (Wildman–Crippen LogP) is 2.41. The van der Waals surface area contributed by atoms with Crippen LogP contribution in [0.15, 0.2) is 60.9 Å². The molecule has 2 aromatic carbocycles. The van der Waals surface area contributed by atoms with E-state index in [2.05, 4.69) is 20.6 Å². The molecule has 7 heteroatoms. The number of halogens is 1. The van der Waals surface area contributed by atoms with Crippen molar-refractivity contribution in [2.75, 3.05) is 0 Å². The van der Waals surface area contributed by atoms with E-state index in [9.17, 15) is 14.0 Å². The summed E-state index contributed by atoms with van der Waals surface area (Å²) in [6.07, 6.45) is 1.27. The molecular formula is C19H17FN4O2. The number of aromatic nitrogens is 2. The molecule has 0 atom stereocenters. The molecule has 0 aliphatic heterocycles. The van der Waals surface area contributed by atoms with Crippen molar-refractivity contribution < 1.29 is 14.0 Å². The predicted molar refractivity (Wildman–Crippen MR) is 93.8 cm³/mol. The molecule has 0 fully saturated rings. The summed E-state index contributed by atoms with van der Waals surface area (Å²) in [5.74, 6) is -1.41. The van der Waals surface area contributed by atoms with Crippen LogP contribution in [0.3, 0.4) is 0 Å². The molecule has 3 N–H and O–H groups in total. The second-order valence-corrected chi connectivity index (χ2v) is 5.57. The minimum absolute atomic E-state index is 0.00341. The Balaban J connectivity index is 1.62. The SMILES string of the molecule is O=C(NCc1ccccc1F)c1nc[nH]c1C(=O)NCc1ccccc1. The molecular weight excluding hydrogens is 335 g/mol. The van der Waals surface area contributed by atoms with E-state index in [0.717, 1.165) is 5.56 Å². The number of carbonyl (C=O) groups is 2. The molecule has 1 heterocycles. The summed E-state index contributed by atoms with van der Waals surface area (Å²) in [7, 11) is 0. The maximum atomic E-state index is 13.6. The Kier molecular flexibility index (Phi) is 5.38. The Bertz CT molecular complexity index is 909. The Morgan fingerprint density at radius 1 is 0.923 bits per heavy atom. The maximum Gasteiger partial charge on any atom is 0.272 e. The van der Waals surface area contributed by atoms with Crippen molar-refractivity contribution in [1.82, 2.24) is 20.6 Å². The van der Waals surface area contributed by atoms with Gasteiger partial charge in [-0.1, -0.05) is 48.5 Å². The third kappa shape index (κ3) is 4.13. The Labute approximate surface area is 149 Å². The fourth-order valence-corrected chi connectivity index (χ4v) is 2.41. The molecule has 0 aliphatic carbocycles. The molecule has 0 unspecified atom stereocenters. The molecule has 0 aliphatic rings. The third-order valence-corrected chi connectivity index (χ3v) is 3.77. The Morgan fingerprint density at radius 3 is 2.38 bits per heavy atom. The topological polar surface area (TPSA) is 86.9 Å². The molecule has 3 rings (SSSR count). The van der Waals surface area contributed by atoms with Gasteiger partial charge in [-0.15, -0.1) is 0 Å². The zero-order chi connectivity index (χ0) is 18.4. The van der Waals surface area contributed by atoms with Gasteiger partial charge in [0.2, 0.25) is 0 Å². The molecule has 3 aromatic rings. The molecule has 132 valence electrons. The lowest BCUT2D eigenvalue weighted by Crippen LogP contribution is -2.29. The number of imidazole rings is 1. The highest BCUT2D eigenvalue weighted by molar-refractivity contribution is 6.04. The fourth-order valence-electron chi connectivity index (χ4n) is 2.41. The van der Waals surface area contributed by atoms with Gasteiger partial charge in [0.25, 0.3) is 11.8 Å². The van der Waals surface area contributed by atoms with Crippen molar-refractivity contribution in [2.45, 2.75) is 13.1 Å². The van der Waals surface area contributed by atoms with E-state index in [1.54, 1.807) is 18.2 Å². The summed E-state index contributed by atoms with van der Waals surface area (Å²) in [6.45, 7) is 0.332. The zero-order valence-corrected chi connectivity index (χ0v) is 13.8. The first kappa shape index (κ1) is 17.3. The summed E-state index contributed by atoms with van der Waals surface area (Å²) in [6, 6.07) is 15.6. The van der Waals surface area contributed by atoms with Gasteiger partial charge >= 0.3 is 0 Å². The van der Waals surface area contributed by atoms with Gasteiger partial charge in [-0.2, -0.15) is 0 Å². The highest BCUT2D eigenvalue weighted by Gasteiger charge is 2.20. The Morgan fingerprint density at radius 2 is 1.62 bits per heavy atom. The number of H-pyrrole nitrogens is 1. The van der Waals surface area contributed by atoms with Crippen molar-refractivity contribution in [3.05, 3.63) is 89.3 Å². The van der Waals surface area contributed by atoms with Crippen molar-refractivity contribution in [3.63, 3.8) is 0 Å². The van der Waals surface area contributed by atoms with Crippen LogP contribution in [0.25, 0.3) is 0 Å². The van der Waals surface area contributed by atoms with E-state index in [4.69, 9.17) is 0 Å². The van der Waals surface area contributed by atoms with Gasteiger partial charge < -0.3 is 15.6 Å². The van der Waals surface area contributed by atoms with Crippen LogP contribution in [0, 0.1) is 5.82 Å². The van der Waals surface area contributed by atoms with Crippen LogP contribution in [0.2, 0.25) is 0 Å². The van der Waals surface area contributed by atoms with Gasteiger partial charge in [-0.25, -0.2) is 9.37 Å². The zero-order valence-electron chi connectivity index (χ0n) is 13.8. The first-order valence-corrected chi connectivity index (χ1v) is 8.02. The van der Waals surface area contributed by atoms with Crippen LogP contribution in [0.1, 0.15) is 32.1 Å². The number of nitrogens with one attached hydrogen (secondary N) is 3. The van der Waals surface area contributed by atoms with Crippen molar-refractivity contribution >= 4 is 11.8 Å². The van der Waals surface area contributed by atoms with Crippen LogP contribution in [-0.4, -0.2) is 21.8 Å². The van der Waals surface area contributed by atoms with Crippen LogP contribution in [0.4, 0.5) is 4.39 Å². The molecule has 0 spiro atoms. The van der Waals surface area contributed by atoms with E-state index in [1.807, 2.05) is 30.3 Å². The van der Waals surface area contributed by atoms with E-state index in [0.29, 0.717) is 12.1 Å². The van der Waals surface area contributed by atoms with Gasteiger partial charge in [-0.05, 0) is 11.6 Å². The lowest BCUT2D eigenvalue weighted by molar-refractivity contribution is 0.0911. The number of aromatic amines is 1. The number of hydrogen-bond acceptors (Lipinski definition) is 3. The van der Waals surface area contributed by atoms with Crippen molar-refractivity contribution in [2.24, 2.45) is 0 Å². The monoisotopic (exact) mass is 352 g/mol. The minimum Gasteiger partial charge on any atom is -0.347 e. The van der Waals surface area contributed by atoms with Crippen LogP contribution >= 0.6 is 0 Å². The molecule has 2 amide bonds. The Hall–Kier alpha value is -3.48. The summed E-state index contributed by atoms with van der Waals surface area (Å²) >= 11 is 0. The van der Waals surface area contributed by atoms with Gasteiger partial charge in [-0.3, -0.25) is 9.59 Å². The quantitative estimate of drug-likeness (QED) is 0.637. The van der Waals surface area contributed by atoms with Crippen LogP contribution in [0.5, 0.6) is 0 Å². The fraction of sp³-hybridized carbons (Fsp3) is 0.105. The number of nitrogens with zero attached hydrogens (tertiary/aromatic N) is 1. The minimum atomic E-state index is -0.556. The van der Waals surface area contributed by atoms with E-state index >= 15 is 0 Å². The number of carbonyl (C=O) groups excluding carboxylic acids is 2. The maximum absolute atomic E-state index is 13.6. The third-order valence-electron chi connectivity index (χ3n) is 3.77. The average molecular weight is 352 g/mol. The second kappa shape index (κ2) is 8.06. The highest BCUT2D eigenvalue weighted by atomic mass is 19.1. The summed E-state index contributed by atoms with van der Waals surface area (Å²) in [5.41, 5.74) is 1.32. The normalized spacial score (nSPS) is 10.3. The molecule has 1 aromatic heterocycles. The van der Waals surface area contributed by atoms with E-state index in [1.165, 1.54) is 12.4 Å². The number of rotatable bonds is 6. The van der Waals surface area contributed by atoms with E-state index in [-0.39, 0.29) is 17.9 Å². The summed E-state index contributed by atoms with van der Waals surface area (Å²) in [5, 5.41) is 5.30. The molecule has 0 saturated carbocycles. The van der Waals surface area contributed by atoms with Gasteiger partial charge in [0, 0.05) is 18.7 Å².